The molecule has 2 aromatic rings. The van der Waals surface area contributed by atoms with Gasteiger partial charge < -0.3 is 12.4 Å². The summed E-state index contributed by atoms with van der Waals surface area (Å²) in [5.74, 6) is 0. The van der Waals surface area contributed by atoms with Crippen molar-refractivity contribution in [3.8, 4) is 0 Å². The molecule has 68 valence electrons. The minimum atomic E-state index is 0. The molecule has 0 nitrogen and oxygen atoms in total. The Labute approximate surface area is 98.7 Å². The molecule has 1 heterocycles. The zero-order valence-corrected chi connectivity index (χ0v) is 10.5. The summed E-state index contributed by atoms with van der Waals surface area (Å²) in [6.07, 6.45) is 0. The molecular formula is C10H8ClIS. The first-order valence-electron chi connectivity index (χ1n) is 3.68. The fourth-order valence-electron chi connectivity index (χ4n) is 0.897. The van der Waals surface area contributed by atoms with Crippen LogP contribution >= 0.6 is 11.3 Å². The molecule has 0 N–H and O–H groups in total. The summed E-state index contributed by atoms with van der Waals surface area (Å²) in [7, 11) is 0. The van der Waals surface area contributed by atoms with E-state index < -0.39 is 0 Å². The van der Waals surface area contributed by atoms with Crippen molar-refractivity contribution < 1.29 is 33.6 Å². The normalized spacial score (nSPS) is 9.23. The van der Waals surface area contributed by atoms with Crippen LogP contribution in [0.3, 0.4) is 0 Å². The number of benzene rings is 1. The quantitative estimate of drug-likeness (QED) is 0.513. The Kier molecular flexibility index (Phi) is 4.77. The summed E-state index contributed by atoms with van der Waals surface area (Å²) < 4.78 is 3.04. The highest BCUT2D eigenvalue weighted by Gasteiger charge is 2.14. The van der Waals surface area contributed by atoms with Crippen molar-refractivity contribution in [3.05, 3.63) is 54.3 Å². The molecule has 1 aromatic carbocycles. The van der Waals surface area contributed by atoms with E-state index in [1.54, 1.807) is 2.88 Å². The van der Waals surface area contributed by atoms with Gasteiger partial charge in [-0.3, -0.25) is 0 Å². The smallest absolute Gasteiger partial charge is 0.369 e. The molecule has 0 unspecified atom stereocenters. The van der Waals surface area contributed by atoms with Crippen molar-refractivity contribution >= 4 is 11.3 Å². The first-order valence-corrected chi connectivity index (χ1v) is 6.72. The van der Waals surface area contributed by atoms with E-state index in [1.807, 2.05) is 11.3 Å². The Hall–Kier alpha value is -0.0600. The van der Waals surface area contributed by atoms with Gasteiger partial charge in [0, 0.05) is 6.07 Å². The van der Waals surface area contributed by atoms with Crippen molar-refractivity contribution in [2.24, 2.45) is 0 Å². The summed E-state index contributed by atoms with van der Waals surface area (Å²) >= 11 is 1.95. The second kappa shape index (κ2) is 5.62. The molecule has 0 saturated carbocycles. The van der Waals surface area contributed by atoms with Crippen LogP contribution in [0.4, 0.5) is 0 Å². The molecule has 1 aromatic heterocycles. The predicted octanol–water partition coefficient (Wildman–Crippen LogP) is -3.12. The number of thiophene rings is 1. The third-order valence-corrected chi connectivity index (χ3v) is 5.59. The fourth-order valence-corrected chi connectivity index (χ4v) is 4.58. The molecule has 0 bridgehead atoms. The second-order valence-electron chi connectivity index (χ2n) is 2.31. The average molecular weight is 323 g/mol. The van der Waals surface area contributed by atoms with Gasteiger partial charge in [-0.05, 0) is 23.6 Å². The van der Waals surface area contributed by atoms with Crippen molar-refractivity contribution in [2.75, 3.05) is 0 Å². The maximum atomic E-state index is 2.23. The van der Waals surface area contributed by atoms with E-state index >= 15 is 0 Å². The van der Waals surface area contributed by atoms with Gasteiger partial charge in [0.05, 0.1) is 0 Å². The molecule has 0 saturated heterocycles. The van der Waals surface area contributed by atoms with Gasteiger partial charge >= 0.3 is 21.2 Å². The zero-order valence-electron chi connectivity index (χ0n) is 6.78. The molecule has 0 aliphatic rings. The monoisotopic (exact) mass is 322 g/mol. The van der Waals surface area contributed by atoms with Crippen molar-refractivity contribution in [1.82, 2.24) is 0 Å². The molecule has 2 rings (SSSR count). The highest BCUT2D eigenvalue weighted by atomic mass is 127. The Morgan fingerprint density at radius 1 is 0.923 bits per heavy atom. The lowest BCUT2D eigenvalue weighted by Gasteiger charge is -1.79. The number of rotatable bonds is 2. The van der Waals surface area contributed by atoms with E-state index in [-0.39, 0.29) is 33.6 Å². The summed E-state index contributed by atoms with van der Waals surface area (Å²) in [6.45, 7) is 0. The Bertz CT molecular complexity index is 331. The minimum absolute atomic E-state index is 0. The van der Waals surface area contributed by atoms with Crippen LogP contribution in [-0.2, 0) is 0 Å². The summed E-state index contributed by atoms with van der Waals surface area (Å²) in [5.41, 5.74) is 0. The summed E-state index contributed by atoms with van der Waals surface area (Å²) in [4.78, 5) is 0. The molecule has 0 spiro atoms. The molecule has 0 fully saturated rings. The lowest BCUT2D eigenvalue weighted by molar-refractivity contribution is -0.591. The molecular weight excluding hydrogens is 315 g/mol. The van der Waals surface area contributed by atoms with Gasteiger partial charge in [-0.25, -0.2) is 0 Å². The van der Waals surface area contributed by atoms with Crippen LogP contribution in [0.25, 0.3) is 0 Å². The van der Waals surface area contributed by atoms with E-state index in [0.29, 0.717) is 0 Å². The van der Waals surface area contributed by atoms with Crippen LogP contribution in [0.15, 0.2) is 47.8 Å². The van der Waals surface area contributed by atoms with Gasteiger partial charge in [-0.15, -0.1) is 0 Å². The van der Waals surface area contributed by atoms with E-state index in [2.05, 4.69) is 47.8 Å². The zero-order chi connectivity index (χ0) is 8.23. The third-order valence-electron chi connectivity index (χ3n) is 1.42. The minimum Gasteiger partial charge on any atom is -1.00 e. The summed E-state index contributed by atoms with van der Waals surface area (Å²) in [6, 6.07) is 15.1. The highest BCUT2D eigenvalue weighted by Crippen LogP contribution is 1.94. The highest BCUT2D eigenvalue weighted by molar-refractivity contribution is 7.07. The number of halogens is 2. The lowest BCUT2D eigenvalue weighted by Crippen LogP contribution is -3.61. The Morgan fingerprint density at radius 3 is 2.31 bits per heavy atom. The van der Waals surface area contributed by atoms with Gasteiger partial charge in [0.1, 0.15) is 0 Å². The first kappa shape index (κ1) is 11.0. The summed E-state index contributed by atoms with van der Waals surface area (Å²) in [5, 5.41) is 2.15. The van der Waals surface area contributed by atoms with Crippen LogP contribution in [0.1, 0.15) is 0 Å². The van der Waals surface area contributed by atoms with Gasteiger partial charge in [0.25, 0.3) is 0 Å². The van der Waals surface area contributed by atoms with Gasteiger partial charge in [0.2, 0.25) is 2.88 Å². The lowest BCUT2D eigenvalue weighted by atomic mass is 10.4. The van der Waals surface area contributed by atoms with Gasteiger partial charge in [-0.2, -0.15) is 0 Å². The van der Waals surface area contributed by atoms with Crippen LogP contribution in [0.2, 0.25) is 0 Å². The molecule has 3 heteroatoms. The predicted molar refractivity (Wildman–Crippen MR) is 48.2 cm³/mol. The fraction of sp³-hybridized carbons (Fsp3) is 0. The molecule has 13 heavy (non-hydrogen) atoms. The van der Waals surface area contributed by atoms with Crippen molar-refractivity contribution in [3.63, 3.8) is 0 Å². The van der Waals surface area contributed by atoms with Crippen molar-refractivity contribution in [2.45, 2.75) is 0 Å². The molecule has 0 radical (unpaired) electrons. The number of hydrogen-bond acceptors (Lipinski definition) is 1. The second-order valence-corrected chi connectivity index (χ2v) is 6.93. The van der Waals surface area contributed by atoms with Crippen LogP contribution in [-0.4, -0.2) is 0 Å². The number of hydrogen-bond donors (Lipinski definition) is 0. The Morgan fingerprint density at radius 2 is 1.69 bits per heavy atom. The molecule has 0 atom stereocenters. The maximum Gasteiger partial charge on any atom is 0.369 e. The van der Waals surface area contributed by atoms with E-state index in [0.717, 1.165) is 0 Å². The van der Waals surface area contributed by atoms with Crippen molar-refractivity contribution in [1.29, 1.82) is 0 Å². The van der Waals surface area contributed by atoms with E-state index in [1.165, 1.54) is 3.57 Å². The first-order chi connectivity index (χ1) is 5.95. The maximum absolute atomic E-state index is 2.23. The molecule has 0 amide bonds. The molecule has 0 aliphatic carbocycles. The largest absolute Gasteiger partial charge is 1.00 e. The van der Waals surface area contributed by atoms with Gasteiger partial charge in [-0.1, -0.05) is 29.5 Å². The average Bonchev–Trinajstić information content (AvgIpc) is 2.59. The SMILES string of the molecule is [Cl-].c1ccc([I+]c2cccs2)cc1. The van der Waals surface area contributed by atoms with Gasteiger partial charge in [0.15, 0.2) is 3.57 Å². The van der Waals surface area contributed by atoms with E-state index in [4.69, 9.17) is 0 Å². The Balaban J connectivity index is 0.000000845. The van der Waals surface area contributed by atoms with E-state index in [9.17, 15) is 0 Å². The van der Waals surface area contributed by atoms with Crippen LogP contribution < -0.4 is 33.6 Å². The molecule has 0 aliphatic heterocycles. The topological polar surface area (TPSA) is 0 Å². The van der Waals surface area contributed by atoms with Crippen LogP contribution in [0, 0.1) is 6.45 Å². The standard InChI is InChI=1S/C10H8IS.ClH/c1-2-5-9(6-3-1)11-10-7-4-8-12-10;/h1-8H;1H/q+1;/p-1. The van der Waals surface area contributed by atoms with Crippen LogP contribution in [0.5, 0.6) is 0 Å². The third kappa shape index (κ3) is 3.29.